The van der Waals surface area contributed by atoms with Gasteiger partial charge in [0.2, 0.25) is 0 Å². The van der Waals surface area contributed by atoms with Crippen LogP contribution in [0.5, 0.6) is 0 Å². The second-order valence-electron chi connectivity index (χ2n) is 5.06. The smallest absolute Gasteiger partial charge is 0.0263 e. The molecule has 5 rings (SSSR count). The minimum atomic E-state index is 0.902. The van der Waals surface area contributed by atoms with E-state index in [-0.39, 0.29) is 0 Å². The summed E-state index contributed by atoms with van der Waals surface area (Å²) >= 11 is 0. The molecule has 20 heavy (non-hydrogen) atoms. The monoisotopic (exact) mass is 256 g/mol. The van der Waals surface area contributed by atoms with Crippen LogP contribution in [0.2, 0.25) is 0 Å². The molecule has 0 aromatic heterocycles. The molecule has 0 aliphatic heterocycles. The Morgan fingerprint density at radius 2 is 1.50 bits per heavy atom. The molecular formula is C18H12N2. The van der Waals surface area contributed by atoms with Gasteiger partial charge in [0.25, 0.3) is 0 Å². The van der Waals surface area contributed by atoms with E-state index in [1.54, 1.807) is 0 Å². The summed E-state index contributed by atoms with van der Waals surface area (Å²) in [5.74, 6) is 0. The molecule has 0 spiro atoms. The lowest BCUT2D eigenvalue weighted by Gasteiger charge is -2.12. The van der Waals surface area contributed by atoms with Crippen molar-refractivity contribution in [3.63, 3.8) is 0 Å². The number of benzene rings is 3. The van der Waals surface area contributed by atoms with Gasteiger partial charge >= 0.3 is 0 Å². The van der Waals surface area contributed by atoms with E-state index in [0.717, 1.165) is 44.2 Å². The second-order valence-corrected chi connectivity index (χ2v) is 5.06. The molecule has 0 amide bonds. The van der Waals surface area contributed by atoms with E-state index < -0.39 is 0 Å². The molecule has 2 N–H and O–H groups in total. The Morgan fingerprint density at radius 1 is 0.750 bits per heavy atom. The molecule has 0 saturated carbocycles. The second kappa shape index (κ2) is 3.87. The fourth-order valence-corrected chi connectivity index (χ4v) is 3.05. The molecule has 0 heterocycles. The molecule has 0 atom stereocenters. The van der Waals surface area contributed by atoms with Crippen LogP contribution in [0.1, 0.15) is 11.1 Å². The van der Waals surface area contributed by atoms with Gasteiger partial charge in [0.05, 0.1) is 0 Å². The van der Waals surface area contributed by atoms with Gasteiger partial charge in [-0.15, -0.1) is 0 Å². The van der Waals surface area contributed by atoms with Crippen LogP contribution in [0.25, 0.3) is 33.0 Å². The zero-order chi connectivity index (χ0) is 13.7. The molecule has 2 nitrogen and oxygen atoms in total. The summed E-state index contributed by atoms with van der Waals surface area (Å²) in [4.78, 5) is 0. The predicted octanol–water partition coefficient (Wildman–Crippen LogP) is 4.48. The van der Waals surface area contributed by atoms with Crippen molar-refractivity contribution in [3.8, 4) is 22.3 Å². The van der Waals surface area contributed by atoms with Gasteiger partial charge < -0.3 is 10.8 Å². The van der Waals surface area contributed by atoms with Gasteiger partial charge in [-0.1, -0.05) is 36.4 Å². The normalized spacial score (nSPS) is 11.4. The molecule has 4 bridgehead atoms. The summed E-state index contributed by atoms with van der Waals surface area (Å²) in [5, 5.41) is 17.5. The number of fused-ring (bicyclic) bond motifs is 3. The van der Waals surface area contributed by atoms with Crippen molar-refractivity contribution >= 4 is 23.2 Å². The average Bonchev–Trinajstić information content (AvgIpc) is 2.68. The average molecular weight is 256 g/mol. The molecule has 2 heteroatoms. The summed E-state index contributed by atoms with van der Waals surface area (Å²) < 4.78 is 0. The van der Waals surface area contributed by atoms with E-state index in [9.17, 15) is 0 Å². The fourth-order valence-electron chi connectivity index (χ4n) is 3.05. The maximum atomic E-state index is 7.78. The maximum Gasteiger partial charge on any atom is 0.0263 e. The van der Waals surface area contributed by atoms with E-state index in [1.165, 1.54) is 12.4 Å². The van der Waals surface area contributed by atoms with Gasteiger partial charge in [0.1, 0.15) is 0 Å². The minimum Gasteiger partial charge on any atom is -0.308 e. The fraction of sp³-hybridized carbons (Fsp3) is 0. The Labute approximate surface area is 116 Å². The van der Waals surface area contributed by atoms with Crippen molar-refractivity contribution in [2.75, 3.05) is 0 Å². The maximum absolute atomic E-state index is 7.78. The van der Waals surface area contributed by atoms with Crippen molar-refractivity contribution < 1.29 is 0 Å². The van der Waals surface area contributed by atoms with Gasteiger partial charge in [0.15, 0.2) is 0 Å². The standard InChI is InChI=1S/C18H12N2/c19-9-11-1-6-15-14(7-11)8-16-12-2-4-13(5-3-12)18(15)17(16)10-20/h1-10,19-20H. The van der Waals surface area contributed by atoms with E-state index in [2.05, 4.69) is 36.4 Å². The first-order chi connectivity index (χ1) is 9.81. The molecule has 0 radical (unpaired) electrons. The van der Waals surface area contributed by atoms with Crippen molar-refractivity contribution in [2.45, 2.75) is 0 Å². The third-order valence-electron chi connectivity index (χ3n) is 4.00. The Morgan fingerprint density at radius 3 is 2.20 bits per heavy atom. The van der Waals surface area contributed by atoms with Crippen molar-refractivity contribution in [1.29, 1.82) is 10.8 Å². The van der Waals surface area contributed by atoms with Gasteiger partial charge in [-0.3, -0.25) is 0 Å². The van der Waals surface area contributed by atoms with E-state index in [0.29, 0.717) is 0 Å². The van der Waals surface area contributed by atoms with Crippen LogP contribution in [0.15, 0.2) is 48.5 Å². The molecule has 0 fully saturated rings. The molecule has 3 aromatic carbocycles. The Hall–Kier alpha value is -2.74. The van der Waals surface area contributed by atoms with Crippen molar-refractivity contribution in [2.24, 2.45) is 0 Å². The number of rotatable bonds is 2. The van der Waals surface area contributed by atoms with Gasteiger partial charge in [0, 0.05) is 18.0 Å². The largest absolute Gasteiger partial charge is 0.308 e. The Kier molecular flexibility index (Phi) is 2.15. The van der Waals surface area contributed by atoms with Gasteiger partial charge in [-0.2, -0.15) is 0 Å². The van der Waals surface area contributed by atoms with Crippen LogP contribution in [-0.2, 0) is 0 Å². The highest BCUT2D eigenvalue weighted by atomic mass is 14.4. The lowest BCUT2D eigenvalue weighted by molar-refractivity contribution is 1.54. The third kappa shape index (κ3) is 1.33. The number of hydrogen-bond donors (Lipinski definition) is 2. The Bertz CT molecular complexity index is 874. The molecular weight excluding hydrogens is 244 g/mol. The van der Waals surface area contributed by atoms with Crippen molar-refractivity contribution in [1.82, 2.24) is 0 Å². The summed E-state index contributed by atoms with van der Waals surface area (Å²) in [7, 11) is 0. The van der Waals surface area contributed by atoms with E-state index >= 15 is 0 Å². The number of hydrogen-bond acceptors (Lipinski definition) is 2. The highest BCUT2D eigenvalue weighted by Gasteiger charge is 2.18. The van der Waals surface area contributed by atoms with Crippen LogP contribution in [0, 0.1) is 10.8 Å². The topological polar surface area (TPSA) is 47.7 Å². The summed E-state index contributed by atoms with van der Waals surface area (Å²) in [5.41, 5.74) is 6.42. The summed E-state index contributed by atoms with van der Waals surface area (Å²) in [6.07, 6.45) is 2.82. The first-order valence-corrected chi connectivity index (χ1v) is 6.54. The van der Waals surface area contributed by atoms with E-state index in [1.807, 2.05) is 12.1 Å². The lowest BCUT2D eigenvalue weighted by atomic mass is 9.91. The minimum absolute atomic E-state index is 0.902. The zero-order valence-corrected chi connectivity index (χ0v) is 10.8. The quantitative estimate of drug-likeness (QED) is 0.497. The van der Waals surface area contributed by atoms with Crippen molar-refractivity contribution in [3.05, 3.63) is 59.7 Å². The molecule has 0 unspecified atom stereocenters. The van der Waals surface area contributed by atoms with Crippen LogP contribution in [-0.4, -0.2) is 12.4 Å². The zero-order valence-electron chi connectivity index (χ0n) is 10.8. The summed E-state index contributed by atoms with van der Waals surface area (Å²) in [6.45, 7) is 0. The van der Waals surface area contributed by atoms with Crippen LogP contribution in [0.3, 0.4) is 0 Å². The number of nitrogens with one attached hydrogen (secondary N) is 2. The van der Waals surface area contributed by atoms with Crippen LogP contribution >= 0.6 is 0 Å². The Balaban J connectivity index is 2.25. The highest BCUT2D eigenvalue weighted by molar-refractivity contribution is 6.12. The lowest BCUT2D eigenvalue weighted by Crippen LogP contribution is -1.92. The van der Waals surface area contributed by atoms with Gasteiger partial charge in [-0.25, -0.2) is 0 Å². The molecule has 2 aliphatic carbocycles. The molecule has 0 saturated heterocycles. The third-order valence-corrected chi connectivity index (χ3v) is 4.00. The van der Waals surface area contributed by atoms with Crippen LogP contribution < -0.4 is 0 Å². The molecule has 3 aromatic rings. The summed E-state index contributed by atoms with van der Waals surface area (Å²) in [6, 6.07) is 16.6. The van der Waals surface area contributed by atoms with Crippen LogP contribution in [0.4, 0.5) is 0 Å². The molecule has 94 valence electrons. The molecule has 2 aliphatic rings. The SMILES string of the molecule is N=Cc1ccc2c3c(C=N)c(cc2c1)-c1ccc-3cc1. The predicted molar refractivity (Wildman–Crippen MR) is 84.1 cm³/mol. The highest BCUT2D eigenvalue weighted by Crippen LogP contribution is 2.41. The van der Waals surface area contributed by atoms with E-state index in [4.69, 9.17) is 10.8 Å². The van der Waals surface area contributed by atoms with Gasteiger partial charge in [-0.05, 0) is 50.7 Å². The first-order valence-electron chi connectivity index (χ1n) is 6.54. The first kappa shape index (κ1) is 11.1.